The summed E-state index contributed by atoms with van der Waals surface area (Å²) in [7, 11) is 0. The van der Waals surface area contributed by atoms with E-state index in [1.54, 1.807) is 29.2 Å². The molecule has 1 saturated heterocycles. The van der Waals surface area contributed by atoms with Crippen LogP contribution in [0.4, 0.5) is 5.69 Å². The number of nitrogens with zero attached hydrogens (tertiary/aromatic N) is 2. The van der Waals surface area contributed by atoms with E-state index in [0.717, 1.165) is 21.7 Å². The van der Waals surface area contributed by atoms with Crippen molar-refractivity contribution in [3.63, 3.8) is 0 Å². The van der Waals surface area contributed by atoms with Gasteiger partial charge in [-0.2, -0.15) is 0 Å². The van der Waals surface area contributed by atoms with Crippen molar-refractivity contribution in [2.45, 2.75) is 20.3 Å². The van der Waals surface area contributed by atoms with Crippen molar-refractivity contribution >= 4 is 29.4 Å². The van der Waals surface area contributed by atoms with E-state index in [4.69, 9.17) is 4.74 Å². The van der Waals surface area contributed by atoms with Crippen molar-refractivity contribution in [2.24, 2.45) is 5.92 Å². The molecule has 2 heterocycles. The second-order valence-electron chi connectivity index (χ2n) is 7.60. The first kappa shape index (κ1) is 19.8. The minimum Gasteiger partial charge on any atom is -0.464 e. The number of imide groups is 1. The molecule has 7 heteroatoms. The smallest absolute Gasteiger partial charge is 0.311 e. The monoisotopic (exact) mass is 406 g/mol. The Kier molecular flexibility index (Phi) is 5.11. The fourth-order valence-corrected chi connectivity index (χ4v) is 3.92. The van der Waals surface area contributed by atoms with Gasteiger partial charge >= 0.3 is 5.97 Å². The number of amides is 3. The van der Waals surface area contributed by atoms with Crippen molar-refractivity contribution in [1.82, 2.24) is 4.90 Å². The van der Waals surface area contributed by atoms with Crippen LogP contribution in [0.5, 0.6) is 0 Å². The van der Waals surface area contributed by atoms with Crippen LogP contribution < -0.4 is 4.90 Å². The maximum Gasteiger partial charge on any atom is 0.311 e. The molecule has 30 heavy (non-hydrogen) atoms. The molecule has 2 aliphatic rings. The third-order valence-corrected chi connectivity index (χ3v) is 5.76. The quantitative estimate of drug-likeness (QED) is 0.563. The zero-order valence-corrected chi connectivity index (χ0v) is 16.9. The van der Waals surface area contributed by atoms with Crippen molar-refractivity contribution in [3.05, 3.63) is 64.7 Å². The number of fused-ring (bicyclic) bond motifs is 1. The van der Waals surface area contributed by atoms with Crippen LogP contribution in [-0.2, 0) is 14.3 Å². The zero-order valence-electron chi connectivity index (χ0n) is 16.9. The molecule has 0 spiro atoms. The Labute approximate surface area is 174 Å². The van der Waals surface area contributed by atoms with E-state index >= 15 is 0 Å². The number of carbonyl (C=O) groups excluding carboxylic acids is 4. The van der Waals surface area contributed by atoms with Gasteiger partial charge in [0.15, 0.2) is 0 Å². The first-order valence-electron chi connectivity index (χ1n) is 9.87. The second-order valence-corrected chi connectivity index (χ2v) is 7.60. The maximum atomic E-state index is 12.5. The lowest BCUT2D eigenvalue weighted by Gasteiger charge is -2.20. The summed E-state index contributed by atoms with van der Waals surface area (Å²) < 4.78 is 5.31. The third-order valence-electron chi connectivity index (χ3n) is 5.76. The minimum atomic E-state index is -0.570. The SMILES string of the molecule is Cc1cccc(N2CC(C(=O)OCCN3C(=O)c4ccccc4C3=O)CC2=O)c1C. The molecule has 2 aromatic carbocycles. The molecule has 1 fully saturated rings. The Hall–Kier alpha value is -3.48. The summed E-state index contributed by atoms with van der Waals surface area (Å²) in [6.45, 7) is 4.07. The summed E-state index contributed by atoms with van der Waals surface area (Å²) in [6.07, 6.45) is 0.0826. The molecule has 0 N–H and O–H groups in total. The number of hydrogen-bond acceptors (Lipinski definition) is 5. The molecule has 0 saturated carbocycles. The number of anilines is 1. The van der Waals surface area contributed by atoms with E-state index in [0.29, 0.717) is 11.1 Å². The molecule has 0 aliphatic carbocycles. The number of aryl methyl sites for hydroxylation is 1. The highest BCUT2D eigenvalue weighted by atomic mass is 16.5. The van der Waals surface area contributed by atoms with Crippen molar-refractivity contribution < 1.29 is 23.9 Å². The van der Waals surface area contributed by atoms with Gasteiger partial charge in [-0.15, -0.1) is 0 Å². The maximum absolute atomic E-state index is 12.5. The van der Waals surface area contributed by atoms with Crippen LogP contribution in [0.25, 0.3) is 0 Å². The number of ether oxygens (including phenoxy) is 1. The Bertz CT molecular complexity index is 1030. The van der Waals surface area contributed by atoms with E-state index in [9.17, 15) is 19.2 Å². The Morgan fingerprint density at radius 3 is 2.33 bits per heavy atom. The highest BCUT2D eigenvalue weighted by Crippen LogP contribution is 2.30. The van der Waals surface area contributed by atoms with Crippen LogP contribution in [0.2, 0.25) is 0 Å². The summed E-state index contributed by atoms with van der Waals surface area (Å²) in [4.78, 5) is 52.4. The Morgan fingerprint density at radius 2 is 1.67 bits per heavy atom. The lowest BCUT2D eigenvalue weighted by molar-refractivity contribution is -0.148. The average molecular weight is 406 g/mol. The molecule has 0 aromatic heterocycles. The molecule has 0 bridgehead atoms. The topological polar surface area (TPSA) is 84.0 Å². The zero-order chi connectivity index (χ0) is 21.4. The standard InChI is InChI=1S/C23H22N2O5/c1-14-6-5-9-19(15(14)2)25-13-16(12-20(25)26)23(29)30-11-10-24-21(27)17-7-3-4-8-18(17)22(24)28/h3-9,16H,10-13H2,1-2H3. The van der Waals surface area contributed by atoms with Crippen LogP contribution >= 0.6 is 0 Å². The van der Waals surface area contributed by atoms with Gasteiger partial charge in [-0.25, -0.2) is 0 Å². The molecule has 3 amide bonds. The number of rotatable bonds is 5. The predicted molar refractivity (Wildman–Crippen MR) is 109 cm³/mol. The van der Waals surface area contributed by atoms with Gasteiger partial charge in [0.05, 0.1) is 23.6 Å². The molecular formula is C23H22N2O5. The molecule has 0 radical (unpaired) electrons. The van der Waals surface area contributed by atoms with Gasteiger partial charge in [-0.3, -0.25) is 24.1 Å². The first-order valence-corrected chi connectivity index (χ1v) is 9.87. The van der Waals surface area contributed by atoms with Crippen LogP contribution in [0, 0.1) is 19.8 Å². The van der Waals surface area contributed by atoms with Gasteiger partial charge in [0.1, 0.15) is 6.61 Å². The van der Waals surface area contributed by atoms with Gasteiger partial charge in [-0.1, -0.05) is 24.3 Å². The summed E-state index contributed by atoms with van der Waals surface area (Å²) in [6, 6.07) is 12.3. The lowest BCUT2D eigenvalue weighted by Crippen LogP contribution is -2.34. The largest absolute Gasteiger partial charge is 0.464 e. The van der Waals surface area contributed by atoms with Crippen molar-refractivity contribution in [2.75, 3.05) is 24.6 Å². The number of esters is 1. The first-order chi connectivity index (χ1) is 14.4. The molecule has 4 rings (SSSR count). The van der Waals surface area contributed by atoms with Crippen LogP contribution in [0.15, 0.2) is 42.5 Å². The Balaban J connectivity index is 1.34. The van der Waals surface area contributed by atoms with E-state index in [1.165, 1.54) is 0 Å². The van der Waals surface area contributed by atoms with Crippen LogP contribution in [-0.4, -0.2) is 48.3 Å². The normalized spacial score (nSPS) is 18.2. The minimum absolute atomic E-state index is 0.0144. The highest BCUT2D eigenvalue weighted by Gasteiger charge is 2.38. The lowest BCUT2D eigenvalue weighted by atomic mass is 10.1. The van der Waals surface area contributed by atoms with Gasteiger partial charge in [0.25, 0.3) is 11.8 Å². The molecule has 2 aromatic rings. The average Bonchev–Trinajstić information content (AvgIpc) is 3.23. The van der Waals surface area contributed by atoms with Gasteiger partial charge in [0.2, 0.25) is 5.91 Å². The fourth-order valence-electron chi connectivity index (χ4n) is 3.92. The van der Waals surface area contributed by atoms with Gasteiger partial charge in [-0.05, 0) is 43.2 Å². The van der Waals surface area contributed by atoms with Gasteiger partial charge < -0.3 is 9.64 Å². The highest BCUT2D eigenvalue weighted by molar-refractivity contribution is 6.21. The molecule has 7 nitrogen and oxygen atoms in total. The van der Waals surface area contributed by atoms with Crippen LogP contribution in [0.3, 0.4) is 0 Å². The van der Waals surface area contributed by atoms with E-state index in [-0.39, 0.29) is 43.8 Å². The number of hydrogen-bond donors (Lipinski definition) is 0. The molecule has 1 atom stereocenters. The fraction of sp³-hybridized carbons (Fsp3) is 0.304. The molecule has 154 valence electrons. The summed E-state index contributed by atoms with van der Waals surface area (Å²) >= 11 is 0. The van der Waals surface area contributed by atoms with E-state index < -0.39 is 11.9 Å². The predicted octanol–water partition coefficient (Wildman–Crippen LogP) is 2.50. The van der Waals surface area contributed by atoms with Crippen molar-refractivity contribution in [1.29, 1.82) is 0 Å². The summed E-state index contributed by atoms with van der Waals surface area (Å²) in [5, 5.41) is 0. The molecule has 2 aliphatic heterocycles. The van der Waals surface area contributed by atoms with E-state index in [2.05, 4.69) is 0 Å². The summed E-state index contributed by atoms with van der Waals surface area (Å²) in [5.74, 6) is -1.95. The molecule has 1 unspecified atom stereocenters. The Morgan fingerprint density at radius 1 is 1.00 bits per heavy atom. The third kappa shape index (κ3) is 3.36. The van der Waals surface area contributed by atoms with Crippen LogP contribution in [0.1, 0.15) is 38.3 Å². The van der Waals surface area contributed by atoms with Gasteiger partial charge in [0, 0.05) is 18.7 Å². The number of carbonyl (C=O) groups is 4. The molecular weight excluding hydrogens is 384 g/mol. The second kappa shape index (κ2) is 7.74. The summed E-state index contributed by atoms with van der Waals surface area (Å²) in [5.41, 5.74) is 3.61. The van der Waals surface area contributed by atoms with Crippen molar-refractivity contribution in [3.8, 4) is 0 Å². The number of benzene rings is 2. The van der Waals surface area contributed by atoms with E-state index in [1.807, 2.05) is 32.0 Å².